The first-order valence-electron chi connectivity index (χ1n) is 12.9. The zero-order valence-corrected chi connectivity index (χ0v) is 22.4. The van der Waals surface area contributed by atoms with Crippen molar-refractivity contribution in [1.82, 2.24) is 0 Å². The van der Waals surface area contributed by atoms with Crippen LogP contribution < -0.4 is 0 Å². The van der Waals surface area contributed by atoms with E-state index in [9.17, 15) is 38.6 Å². The number of carbonyl (C=O) groups excluding carboxylic acids is 2. The maximum absolute atomic E-state index is 13.7. The average Bonchev–Trinajstić information content (AvgIpc) is 2.98. The smallest absolute Gasteiger partial charge is 0.317 e. The molecule has 0 aliphatic heterocycles. The predicted octanol–water partition coefficient (Wildman–Crippen LogP) is 6.53. The normalized spacial score (nSPS) is 12.1. The van der Waals surface area contributed by atoms with Gasteiger partial charge >= 0.3 is 11.9 Å². The predicted molar refractivity (Wildman–Crippen MR) is 149 cm³/mol. The fourth-order valence-electron chi connectivity index (χ4n) is 4.47. The molecule has 220 valence electrons. The molecule has 0 bridgehead atoms. The minimum absolute atomic E-state index is 0.112. The quantitative estimate of drug-likeness (QED) is 0.0786. The van der Waals surface area contributed by atoms with E-state index in [-0.39, 0.29) is 24.0 Å². The number of benzene rings is 4. The summed E-state index contributed by atoms with van der Waals surface area (Å²) >= 11 is 0. The zero-order valence-electron chi connectivity index (χ0n) is 22.4. The largest absolute Gasteiger partial charge is 0.457 e. The van der Waals surface area contributed by atoms with Crippen molar-refractivity contribution in [2.24, 2.45) is 0 Å². The lowest BCUT2D eigenvalue weighted by atomic mass is 9.99. The fourth-order valence-corrected chi connectivity index (χ4v) is 4.47. The van der Waals surface area contributed by atoms with Gasteiger partial charge in [-0.2, -0.15) is 0 Å². The van der Waals surface area contributed by atoms with Gasteiger partial charge in [0.15, 0.2) is 0 Å². The van der Waals surface area contributed by atoms with Gasteiger partial charge in [-0.1, -0.05) is 60.7 Å². The molecular weight excluding hydrogens is 566 g/mol. The Labute approximate surface area is 243 Å². The van der Waals surface area contributed by atoms with Crippen LogP contribution in [0.25, 0.3) is 0 Å². The summed E-state index contributed by atoms with van der Waals surface area (Å²) in [5, 5.41) is 23.0. The standard InChI is InChI=1S/C31H24F2N2O8/c32-24-13-11-22(26(17-24)34(38)39)15-28(20-7-3-1-4-8-20)42-30(36)19-31(37)43-29(21-9-5-2-6-10-21)16-23-12-14-25(33)18-27(23)35(40)41/h1-14,17-18,28-29H,15-16,19H2. The summed E-state index contributed by atoms with van der Waals surface area (Å²) in [6.45, 7) is 0. The molecule has 0 spiro atoms. The van der Waals surface area contributed by atoms with Crippen molar-refractivity contribution in [3.05, 3.63) is 151 Å². The summed E-state index contributed by atoms with van der Waals surface area (Å²) < 4.78 is 38.5. The number of halogens is 2. The second kappa shape index (κ2) is 13.9. The van der Waals surface area contributed by atoms with Gasteiger partial charge in [-0.15, -0.1) is 0 Å². The first kappa shape index (κ1) is 30.4. The molecule has 10 nitrogen and oxygen atoms in total. The molecular formula is C31H24F2N2O8. The van der Waals surface area contributed by atoms with Crippen molar-refractivity contribution >= 4 is 23.3 Å². The Morgan fingerprint density at radius 3 is 1.35 bits per heavy atom. The van der Waals surface area contributed by atoms with Gasteiger partial charge in [0.1, 0.15) is 30.3 Å². The van der Waals surface area contributed by atoms with E-state index in [2.05, 4.69) is 0 Å². The SMILES string of the molecule is O=C(CC(=O)OC(Cc1ccc(F)cc1[N+](=O)[O-])c1ccccc1)OC(Cc1ccc(F)cc1[N+](=O)[O-])c1ccccc1. The molecule has 43 heavy (non-hydrogen) atoms. The molecule has 0 aromatic heterocycles. The Morgan fingerprint density at radius 1 is 0.628 bits per heavy atom. The summed E-state index contributed by atoms with van der Waals surface area (Å²) in [5.74, 6) is -3.60. The highest BCUT2D eigenvalue weighted by Gasteiger charge is 2.27. The lowest BCUT2D eigenvalue weighted by Gasteiger charge is -2.20. The molecule has 2 unspecified atom stereocenters. The number of ether oxygens (including phenoxy) is 2. The minimum Gasteiger partial charge on any atom is -0.457 e. The summed E-state index contributed by atoms with van der Waals surface area (Å²) in [4.78, 5) is 47.3. The first-order valence-corrected chi connectivity index (χ1v) is 12.9. The van der Waals surface area contributed by atoms with Gasteiger partial charge in [-0.25, -0.2) is 8.78 Å². The molecule has 0 saturated heterocycles. The van der Waals surface area contributed by atoms with Gasteiger partial charge in [0.05, 0.1) is 22.0 Å². The molecule has 0 heterocycles. The van der Waals surface area contributed by atoms with E-state index in [1.54, 1.807) is 60.7 Å². The van der Waals surface area contributed by atoms with Crippen molar-refractivity contribution in [2.45, 2.75) is 31.5 Å². The Bertz CT molecular complexity index is 1510. The third kappa shape index (κ3) is 8.26. The van der Waals surface area contributed by atoms with E-state index >= 15 is 0 Å². The number of rotatable bonds is 12. The van der Waals surface area contributed by atoms with E-state index in [1.165, 1.54) is 12.1 Å². The molecule has 0 aliphatic carbocycles. The van der Waals surface area contributed by atoms with E-state index in [0.717, 1.165) is 24.3 Å². The van der Waals surface area contributed by atoms with Crippen LogP contribution in [0.3, 0.4) is 0 Å². The molecule has 0 radical (unpaired) electrons. The monoisotopic (exact) mass is 590 g/mol. The number of nitro benzene ring substituents is 2. The molecule has 0 amide bonds. The van der Waals surface area contributed by atoms with Crippen LogP contribution in [-0.4, -0.2) is 21.8 Å². The Balaban J connectivity index is 1.52. The second-order valence-electron chi connectivity index (χ2n) is 9.42. The molecule has 0 N–H and O–H groups in total. The number of nitrogens with zero attached hydrogens (tertiary/aromatic N) is 2. The zero-order chi connectivity index (χ0) is 30.9. The van der Waals surface area contributed by atoms with Gasteiger partial charge in [-0.3, -0.25) is 29.8 Å². The van der Waals surface area contributed by atoms with Crippen molar-refractivity contribution in [3.63, 3.8) is 0 Å². The van der Waals surface area contributed by atoms with Crippen molar-refractivity contribution in [1.29, 1.82) is 0 Å². The highest BCUT2D eigenvalue weighted by atomic mass is 19.1. The molecule has 2 atom stereocenters. The Kier molecular flexibility index (Phi) is 9.84. The van der Waals surface area contributed by atoms with Crippen LogP contribution >= 0.6 is 0 Å². The molecule has 0 saturated carbocycles. The van der Waals surface area contributed by atoms with Gasteiger partial charge in [0.2, 0.25) is 0 Å². The van der Waals surface area contributed by atoms with Crippen molar-refractivity contribution < 1.29 is 37.7 Å². The number of nitro groups is 2. The van der Waals surface area contributed by atoms with Crippen LogP contribution in [0.15, 0.2) is 97.1 Å². The third-order valence-electron chi connectivity index (χ3n) is 6.48. The number of hydrogen-bond donors (Lipinski definition) is 0. The fraction of sp³-hybridized carbons (Fsp3) is 0.161. The number of hydrogen-bond acceptors (Lipinski definition) is 8. The maximum Gasteiger partial charge on any atom is 0.317 e. The summed E-state index contributed by atoms with van der Waals surface area (Å²) in [6.07, 6.45) is -3.32. The van der Waals surface area contributed by atoms with Gasteiger partial charge in [0.25, 0.3) is 11.4 Å². The van der Waals surface area contributed by atoms with E-state index in [0.29, 0.717) is 11.1 Å². The molecule has 4 aromatic carbocycles. The van der Waals surface area contributed by atoms with Gasteiger partial charge < -0.3 is 9.47 Å². The van der Waals surface area contributed by atoms with Crippen LogP contribution in [0.5, 0.6) is 0 Å². The molecule has 12 heteroatoms. The lowest BCUT2D eigenvalue weighted by Crippen LogP contribution is -2.21. The summed E-state index contributed by atoms with van der Waals surface area (Å²) in [5.41, 5.74) is 0.206. The molecule has 4 aromatic rings. The van der Waals surface area contributed by atoms with Crippen LogP contribution in [-0.2, 0) is 31.9 Å². The van der Waals surface area contributed by atoms with E-state index in [4.69, 9.17) is 9.47 Å². The minimum atomic E-state index is -1.06. The van der Waals surface area contributed by atoms with Crippen molar-refractivity contribution in [3.8, 4) is 0 Å². The lowest BCUT2D eigenvalue weighted by molar-refractivity contribution is -0.386. The summed E-state index contributed by atoms with van der Waals surface area (Å²) in [7, 11) is 0. The average molecular weight is 591 g/mol. The number of carbonyl (C=O) groups is 2. The van der Waals surface area contributed by atoms with Gasteiger partial charge in [-0.05, 0) is 35.4 Å². The first-order chi connectivity index (χ1) is 20.6. The molecule has 0 aliphatic rings. The van der Waals surface area contributed by atoms with Crippen LogP contribution in [0, 0.1) is 31.9 Å². The van der Waals surface area contributed by atoms with Gasteiger partial charge in [0, 0.05) is 24.0 Å². The molecule has 0 fully saturated rings. The summed E-state index contributed by atoms with van der Waals surface area (Å²) in [6, 6.07) is 22.7. The van der Waals surface area contributed by atoms with Crippen LogP contribution in [0.2, 0.25) is 0 Å². The van der Waals surface area contributed by atoms with Crippen LogP contribution in [0.1, 0.15) is 40.9 Å². The Hall–Kier alpha value is -5.52. The maximum atomic E-state index is 13.7. The highest BCUT2D eigenvalue weighted by molar-refractivity contribution is 5.91. The number of esters is 2. The van der Waals surface area contributed by atoms with E-state index in [1.807, 2.05) is 0 Å². The topological polar surface area (TPSA) is 139 Å². The second-order valence-corrected chi connectivity index (χ2v) is 9.42. The van der Waals surface area contributed by atoms with E-state index < -0.39 is 63.4 Å². The highest BCUT2D eigenvalue weighted by Crippen LogP contribution is 2.31. The molecule has 4 rings (SSSR count). The third-order valence-corrected chi connectivity index (χ3v) is 6.48. The Morgan fingerprint density at radius 2 is 1.00 bits per heavy atom. The van der Waals surface area contributed by atoms with Crippen molar-refractivity contribution in [2.75, 3.05) is 0 Å². The van der Waals surface area contributed by atoms with Crippen LogP contribution in [0.4, 0.5) is 20.2 Å².